The Morgan fingerprint density at radius 2 is 1.61 bits per heavy atom. The molecule has 1 N–H and O–H groups in total. The number of aryl methyl sites for hydroxylation is 2. The van der Waals surface area contributed by atoms with Crippen LogP contribution < -0.4 is 9.62 Å². The second-order valence-corrected chi connectivity index (χ2v) is 10.6. The van der Waals surface area contributed by atoms with Crippen LogP contribution in [0.15, 0.2) is 72.8 Å². The number of benzene rings is 3. The summed E-state index contributed by atoms with van der Waals surface area (Å²) >= 11 is 0. The summed E-state index contributed by atoms with van der Waals surface area (Å²) in [7, 11) is -3.44. The number of anilines is 1. The number of para-hydroxylation sites is 1. The van der Waals surface area contributed by atoms with E-state index < -0.39 is 10.0 Å². The zero-order valence-corrected chi connectivity index (χ0v) is 19.9. The first-order valence-electron chi connectivity index (χ1n) is 11.4. The average molecular weight is 463 g/mol. The van der Waals surface area contributed by atoms with Gasteiger partial charge in [0.2, 0.25) is 10.0 Å². The number of rotatable bonds is 7. The molecule has 0 saturated heterocycles. The predicted octanol–water partition coefficient (Wildman–Crippen LogP) is 5.02. The highest BCUT2D eigenvalue weighted by molar-refractivity contribution is 7.92. The lowest BCUT2D eigenvalue weighted by Crippen LogP contribution is -2.29. The van der Waals surface area contributed by atoms with E-state index in [0.29, 0.717) is 11.3 Å². The number of nitrogens with zero attached hydrogens (tertiary/aromatic N) is 1. The van der Waals surface area contributed by atoms with E-state index in [2.05, 4.69) is 23.5 Å². The summed E-state index contributed by atoms with van der Waals surface area (Å²) in [4.78, 5) is 12.8. The molecule has 1 atom stereocenters. The monoisotopic (exact) mass is 462 g/mol. The maximum absolute atomic E-state index is 12.8. The van der Waals surface area contributed by atoms with Crippen LogP contribution in [0, 0.1) is 0 Å². The van der Waals surface area contributed by atoms with Crippen molar-refractivity contribution < 1.29 is 13.2 Å². The third kappa shape index (κ3) is 5.63. The molecule has 0 radical (unpaired) electrons. The summed E-state index contributed by atoms with van der Waals surface area (Å²) in [6, 6.07) is 22.6. The van der Waals surface area contributed by atoms with Gasteiger partial charge in [-0.25, -0.2) is 8.42 Å². The molecule has 6 heteroatoms. The van der Waals surface area contributed by atoms with Crippen LogP contribution in [-0.4, -0.2) is 20.6 Å². The fraction of sp³-hybridized carbons (Fsp3) is 0.296. The molecule has 1 aliphatic rings. The number of hydrogen-bond donors (Lipinski definition) is 1. The molecular formula is C27H30N2O3S. The summed E-state index contributed by atoms with van der Waals surface area (Å²) in [5, 5.41) is 3.08. The molecule has 1 amide bonds. The first kappa shape index (κ1) is 23.1. The molecule has 0 heterocycles. The molecular weight excluding hydrogens is 432 g/mol. The van der Waals surface area contributed by atoms with Crippen molar-refractivity contribution in [2.45, 2.75) is 45.2 Å². The highest BCUT2D eigenvalue weighted by Crippen LogP contribution is 2.25. The van der Waals surface area contributed by atoms with Crippen LogP contribution in [0.4, 0.5) is 5.69 Å². The van der Waals surface area contributed by atoms with Crippen LogP contribution >= 0.6 is 0 Å². The van der Waals surface area contributed by atoms with Crippen molar-refractivity contribution >= 4 is 21.6 Å². The summed E-state index contributed by atoms with van der Waals surface area (Å²) in [5.74, 6) is -0.144. The number of amides is 1. The Bertz CT molecular complexity index is 1220. The summed E-state index contributed by atoms with van der Waals surface area (Å²) < 4.78 is 26.0. The molecule has 0 aliphatic heterocycles. The fourth-order valence-electron chi connectivity index (χ4n) is 4.31. The molecule has 0 saturated carbocycles. The summed E-state index contributed by atoms with van der Waals surface area (Å²) in [6.45, 7) is 2.21. The molecule has 3 aromatic rings. The van der Waals surface area contributed by atoms with Gasteiger partial charge in [0, 0.05) is 5.56 Å². The van der Waals surface area contributed by atoms with Gasteiger partial charge in [-0.3, -0.25) is 9.10 Å². The minimum absolute atomic E-state index is 0.0943. The van der Waals surface area contributed by atoms with Crippen molar-refractivity contribution in [3.05, 3.63) is 101 Å². The summed E-state index contributed by atoms with van der Waals surface area (Å²) in [6.07, 6.45) is 5.93. The van der Waals surface area contributed by atoms with Crippen LogP contribution in [0.25, 0.3) is 0 Å². The van der Waals surface area contributed by atoms with E-state index in [-0.39, 0.29) is 18.5 Å². The normalized spacial score (nSPS) is 14.2. The molecule has 0 unspecified atom stereocenters. The van der Waals surface area contributed by atoms with Gasteiger partial charge in [0.05, 0.1) is 24.5 Å². The number of carbonyl (C=O) groups excluding carboxylic acids is 1. The lowest BCUT2D eigenvalue weighted by atomic mass is 9.89. The smallest absolute Gasteiger partial charge is 0.251 e. The van der Waals surface area contributed by atoms with E-state index in [1.54, 1.807) is 36.4 Å². The van der Waals surface area contributed by atoms with Crippen molar-refractivity contribution in [1.82, 2.24) is 5.32 Å². The maximum atomic E-state index is 12.8. The Kier molecular flexibility index (Phi) is 6.84. The Morgan fingerprint density at radius 3 is 2.27 bits per heavy atom. The maximum Gasteiger partial charge on any atom is 0.251 e. The third-order valence-electron chi connectivity index (χ3n) is 6.21. The fourth-order valence-corrected chi connectivity index (χ4v) is 5.20. The van der Waals surface area contributed by atoms with Crippen molar-refractivity contribution in [3.63, 3.8) is 0 Å². The number of nitrogens with one attached hydrogen (secondary N) is 1. The quantitative estimate of drug-likeness (QED) is 0.536. The van der Waals surface area contributed by atoms with E-state index >= 15 is 0 Å². The Hall–Kier alpha value is -3.12. The largest absolute Gasteiger partial charge is 0.346 e. The van der Waals surface area contributed by atoms with E-state index in [0.717, 1.165) is 24.0 Å². The first-order chi connectivity index (χ1) is 15.8. The Balaban J connectivity index is 1.43. The highest BCUT2D eigenvalue weighted by atomic mass is 32.2. The van der Waals surface area contributed by atoms with Gasteiger partial charge in [0.25, 0.3) is 5.91 Å². The lowest BCUT2D eigenvalue weighted by Gasteiger charge is -2.22. The van der Waals surface area contributed by atoms with Gasteiger partial charge in [0.15, 0.2) is 0 Å². The molecule has 172 valence electrons. The zero-order chi connectivity index (χ0) is 23.4. The molecule has 0 bridgehead atoms. The van der Waals surface area contributed by atoms with E-state index in [1.807, 2.05) is 25.1 Å². The van der Waals surface area contributed by atoms with Gasteiger partial charge in [-0.2, -0.15) is 0 Å². The van der Waals surface area contributed by atoms with Gasteiger partial charge in [-0.15, -0.1) is 0 Å². The van der Waals surface area contributed by atoms with Crippen molar-refractivity contribution in [2.24, 2.45) is 0 Å². The van der Waals surface area contributed by atoms with Gasteiger partial charge in [-0.1, -0.05) is 48.5 Å². The predicted molar refractivity (Wildman–Crippen MR) is 133 cm³/mol. The second-order valence-electron chi connectivity index (χ2n) is 8.73. The molecule has 0 spiro atoms. The number of sulfonamides is 1. The first-order valence-corrected chi connectivity index (χ1v) is 13.2. The van der Waals surface area contributed by atoms with E-state index in [9.17, 15) is 13.2 Å². The second kappa shape index (κ2) is 9.79. The van der Waals surface area contributed by atoms with Gasteiger partial charge >= 0.3 is 0 Å². The van der Waals surface area contributed by atoms with Crippen molar-refractivity contribution in [3.8, 4) is 0 Å². The third-order valence-corrected chi connectivity index (χ3v) is 7.35. The molecule has 5 nitrogen and oxygen atoms in total. The molecule has 1 aliphatic carbocycles. The van der Waals surface area contributed by atoms with E-state index in [4.69, 9.17) is 0 Å². The Morgan fingerprint density at radius 1 is 0.939 bits per heavy atom. The van der Waals surface area contributed by atoms with Gasteiger partial charge in [-0.05, 0) is 79.1 Å². The molecule has 0 fully saturated rings. The SMILES string of the molecule is C[C@H](NC(=O)c1ccc(CN(c2ccccc2)S(C)(=O)=O)cc1)c1ccc2c(c1)CCCC2. The van der Waals surface area contributed by atoms with Crippen LogP contribution in [-0.2, 0) is 29.4 Å². The number of carbonyl (C=O) groups is 1. The van der Waals surface area contributed by atoms with Gasteiger partial charge < -0.3 is 5.32 Å². The van der Waals surface area contributed by atoms with Crippen molar-refractivity contribution in [2.75, 3.05) is 10.6 Å². The molecule has 4 rings (SSSR count). The molecule has 33 heavy (non-hydrogen) atoms. The zero-order valence-electron chi connectivity index (χ0n) is 19.1. The standard InChI is InChI=1S/C27H30N2O3S/c1-20(24-17-16-22-8-6-7-9-25(22)18-24)28-27(30)23-14-12-21(13-15-23)19-29(33(2,31)32)26-10-4-3-5-11-26/h3-5,10-18,20H,6-9,19H2,1-2H3,(H,28,30)/t20-/m0/s1. The molecule has 0 aromatic heterocycles. The molecule has 3 aromatic carbocycles. The van der Waals surface area contributed by atoms with Gasteiger partial charge in [0.1, 0.15) is 0 Å². The van der Waals surface area contributed by atoms with Crippen LogP contribution in [0.3, 0.4) is 0 Å². The minimum Gasteiger partial charge on any atom is -0.346 e. The van der Waals surface area contributed by atoms with Crippen LogP contribution in [0.1, 0.15) is 58.4 Å². The summed E-state index contributed by atoms with van der Waals surface area (Å²) in [5.41, 5.74) is 5.92. The minimum atomic E-state index is -3.44. The topological polar surface area (TPSA) is 66.5 Å². The Labute approximate surface area is 196 Å². The lowest BCUT2D eigenvalue weighted by molar-refractivity contribution is 0.0940. The van der Waals surface area contributed by atoms with Crippen LogP contribution in [0.2, 0.25) is 0 Å². The van der Waals surface area contributed by atoms with Crippen molar-refractivity contribution in [1.29, 1.82) is 0 Å². The number of hydrogen-bond acceptors (Lipinski definition) is 3. The van der Waals surface area contributed by atoms with E-state index in [1.165, 1.54) is 34.5 Å². The highest BCUT2D eigenvalue weighted by Gasteiger charge is 2.18. The number of fused-ring (bicyclic) bond motifs is 1. The van der Waals surface area contributed by atoms with Crippen LogP contribution in [0.5, 0.6) is 0 Å². The average Bonchev–Trinajstić information content (AvgIpc) is 2.82.